The summed E-state index contributed by atoms with van der Waals surface area (Å²) in [5.41, 5.74) is -0.00912. The van der Waals surface area contributed by atoms with Gasteiger partial charge in [0.1, 0.15) is 0 Å². The van der Waals surface area contributed by atoms with E-state index in [1.165, 1.54) is 38.5 Å². The molecule has 0 aromatic heterocycles. The van der Waals surface area contributed by atoms with E-state index >= 15 is 0 Å². The minimum atomic E-state index is -0.203. The molecular formula is C27H54N8S. The Kier molecular flexibility index (Phi) is 16.6. The van der Waals surface area contributed by atoms with Crippen LogP contribution in [-0.4, -0.2) is 95.7 Å². The first-order valence-electron chi connectivity index (χ1n) is 14.3. The Morgan fingerprint density at radius 3 is 1.58 bits per heavy atom. The third-order valence-electron chi connectivity index (χ3n) is 7.14. The molecule has 3 saturated heterocycles. The lowest BCUT2D eigenvalue weighted by Gasteiger charge is -2.38. The second kappa shape index (κ2) is 19.1. The standard InChI is InChI=1S/C27H54N8S/c1-3-4-5-6-7-8-9-10-11-12-34-25(36)35-27-22-31-16-13-28-19-26(2,20-29-14-17-32-23-27)21-30-15-18-33-24-27/h1,28-33H,4-24H2,2H3,(H2,34,35,36). The van der Waals surface area contributed by atoms with Crippen molar-refractivity contribution in [2.24, 2.45) is 5.41 Å². The fourth-order valence-electron chi connectivity index (χ4n) is 4.91. The van der Waals surface area contributed by atoms with Crippen molar-refractivity contribution in [1.29, 1.82) is 0 Å². The smallest absolute Gasteiger partial charge is 0.166 e. The molecule has 0 aromatic carbocycles. The molecule has 0 radical (unpaired) electrons. The van der Waals surface area contributed by atoms with E-state index in [0.29, 0.717) is 0 Å². The van der Waals surface area contributed by atoms with Crippen molar-refractivity contribution >= 4 is 17.3 Å². The first-order valence-corrected chi connectivity index (χ1v) is 14.7. The highest BCUT2D eigenvalue weighted by Crippen LogP contribution is 2.13. The van der Waals surface area contributed by atoms with E-state index in [2.05, 4.69) is 55.4 Å². The zero-order chi connectivity index (χ0) is 25.8. The van der Waals surface area contributed by atoms with Crippen LogP contribution >= 0.6 is 12.2 Å². The van der Waals surface area contributed by atoms with Gasteiger partial charge >= 0.3 is 0 Å². The predicted octanol–water partition coefficient (Wildman–Crippen LogP) is 0.514. The Morgan fingerprint density at radius 1 is 0.694 bits per heavy atom. The van der Waals surface area contributed by atoms with Crippen molar-refractivity contribution in [2.45, 2.75) is 63.8 Å². The lowest BCUT2D eigenvalue weighted by Crippen LogP contribution is -2.67. The van der Waals surface area contributed by atoms with Crippen molar-refractivity contribution in [1.82, 2.24) is 42.5 Å². The maximum atomic E-state index is 5.76. The predicted molar refractivity (Wildman–Crippen MR) is 158 cm³/mol. The molecule has 3 heterocycles. The number of hydrogen-bond acceptors (Lipinski definition) is 7. The molecule has 0 unspecified atom stereocenters. The number of hydrogen-bond donors (Lipinski definition) is 8. The lowest BCUT2D eigenvalue weighted by atomic mass is 9.90. The molecule has 8 nitrogen and oxygen atoms in total. The molecule has 2 bridgehead atoms. The van der Waals surface area contributed by atoms with Crippen LogP contribution < -0.4 is 42.5 Å². The van der Waals surface area contributed by atoms with E-state index in [-0.39, 0.29) is 11.0 Å². The molecule has 8 N–H and O–H groups in total. The van der Waals surface area contributed by atoms with E-state index < -0.39 is 0 Å². The summed E-state index contributed by atoms with van der Waals surface area (Å²) >= 11 is 5.76. The molecule has 0 amide bonds. The first-order chi connectivity index (χ1) is 17.6. The van der Waals surface area contributed by atoms with Gasteiger partial charge in [0.2, 0.25) is 0 Å². The van der Waals surface area contributed by atoms with Crippen molar-refractivity contribution in [3.8, 4) is 12.3 Å². The molecule has 0 spiro atoms. The molecule has 36 heavy (non-hydrogen) atoms. The monoisotopic (exact) mass is 522 g/mol. The Morgan fingerprint density at radius 2 is 1.11 bits per heavy atom. The van der Waals surface area contributed by atoms with Gasteiger partial charge in [-0.05, 0) is 25.1 Å². The van der Waals surface area contributed by atoms with E-state index in [1.807, 2.05) is 0 Å². The maximum Gasteiger partial charge on any atom is 0.166 e. The summed E-state index contributed by atoms with van der Waals surface area (Å²) in [6, 6.07) is 0. The van der Waals surface area contributed by atoms with Crippen LogP contribution in [0.1, 0.15) is 58.3 Å². The van der Waals surface area contributed by atoms with Crippen LogP contribution in [0.4, 0.5) is 0 Å². The van der Waals surface area contributed by atoms with E-state index in [0.717, 1.165) is 103 Å². The van der Waals surface area contributed by atoms with Gasteiger partial charge < -0.3 is 42.5 Å². The summed E-state index contributed by atoms with van der Waals surface area (Å²) in [6.45, 7) is 14.5. The van der Waals surface area contributed by atoms with Gasteiger partial charge in [0.05, 0.1) is 5.54 Å². The van der Waals surface area contributed by atoms with E-state index in [9.17, 15) is 0 Å². The van der Waals surface area contributed by atoms with Crippen LogP contribution in [-0.2, 0) is 0 Å². The molecule has 208 valence electrons. The van der Waals surface area contributed by atoms with Crippen LogP contribution in [0.5, 0.6) is 0 Å². The number of fused-ring (bicyclic) bond motifs is 15. The Labute approximate surface area is 226 Å². The second-order valence-electron chi connectivity index (χ2n) is 11.0. The van der Waals surface area contributed by atoms with E-state index in [1.54, 1.807) is 0 Å². The highest BCUT2D eigenvalue weighted by molar-refractivity contribution is 7.80. The molecule has 0 atom stereocenters. The molecule has 3 aliphatic heterocycles. The summed E-state index contributed by atoms with van der Waals surface area (Å²) < 4.78 is 0. The summed E-state index contributed by atoms with van der Waals surface area (Å²) in [7, 11) is 0. The van der Waals surface area contributed by atoms with Crippen molar-refractivity contribution in [2.75, 3.05) is 85.1 Å². The second-order valence-corrected chi connectivity index (χ2v) is 11.4. The fraction of sp³-hybridized carbons (Fsp3) is 0.889. The molecule has 3 aliphatic rings. The van der Waals surface area contributed by atoms with Gasteiger partial charge in [-0.15, -0.1) is 12.3 Å². The molecule has 3 fully saturated rings. The normalized spacial score (nSPS) is 26.9. The number of nitrogens with one attached hydrogen (secondary N) is 8. The van der Waals surface area contributed by atoms with Gasteiger partial charge in [0.15, 0.2) is 5.11 Å². The summed E-state index contributed by atoms with van der Waals surface area (Å²) in [6.07, 6.45) is 14.9. The third-order valence-corrected chi connectivity index (χ3v) is 7.39. The Bertz CT molecular complexity index is 580. The SMILES string of the molecule is C#CCCCCCCCCCNC(=S)NC12CNCCNCC(C)(CNCCNC1)CNCCNC2. The number of unbranched alkanes of at least 4 members (excludes halogenated alkanes) is 7. The fourth-order valence-corrected chi connectivity index (χ4v) is 5.23. The minimum absolute atomic E-state index is 0.194. The van der Waals surface area contributed by atoms with Gasteiger partial charge in [0, 0.05) is 96.9 Å². The molecule has 0 saturated carbocycles. The minimum Gasteiger partial charge on any atom is -0.363 e. The molecule has 9 heteroatoms. The van der Waals surface area contributed by atoms with Crippen LogP contribution in [0.3, 0.4) is 0 Å². The molecule has 3 rings (SSSR count). The van der Waals surface area contributed by atoms with E-state index in [4.69, 9.17) is 18.6 Å². The molecule has 0 aromatic rings. The summed E-state index contributed by atoms with van der Waals surface area (Å²) in [5.74, 6) is 2.72. The van der Waals surface area contributed by atoms with Gasteiger partial charge in [-0.2, -0.15) is 0 Å². The topological polar surface area (TPSA) is 96.2 Å². The zero-order valence-corrected chi connectivity index (χ0v) is 23.7. The van der Waals surface area contributed by atoms with Crippen LogP contribution in [0.2, 0.25) is 0 Å². The van der Waals surface area contributed by atoms with Crippen molar-refractivity contribution in [3.63, 3.8) is 0 Å². The van der Waals surface area contributed by atoms with Crippen molar-refractivity contribution < 1.29 is 0 Å². The van der Waals surface area contributed by atoms with Gasteiger partial charge in [0.25, 0.3) is 0 Å². The largest absolute Gasteiger partial charge is 0.363 e. The average Bonchev–Trinajstić information content (AvgIpc) is 2.86. The van der Waals surface area contributed by atoms with Gasteiger partial charge in [-0.25, -0.2) is 0 Å². The highest BCUT2D eigenvalue weighted by atomic mass is 32.1. The molecule has 0 aliphatic carbocycles. The lowest BCUT2D eigenvalue weighted by molar-refractivity contribution is 0.260. The number of rotatable bonds is 10. The van der Waals surface area contributed by atoms with Crippen LogP contribution in [0.25, 0.3) is 0 Å². The average molecular weight is 523 g/mol. The Hall–Kier alpha value is -0.990. The number of thiocarbonyl (C=S) groups is 1. The maximum absolute atomic E-state index is 5.76. The van der Waals surface area contributed by atoms with Crippen LogP contribution in [0.15, 0.2) is 0 Å². The number of terminal acetylenes is 1. The quantitative estimate of drug-likeness (QED) is 0.119. The highest BCUT2D eigenvalue weighted by Gasteiger charge is 2.31. The summed E-state index contributed by atoms with van der Waals surface area (Å²) in [5, 5.41) is 29.9. The van der Waals surface area contributed by atoms with Crippen LogP contribution in [0, 0.1) is 17.8 Å². The van der Waals surface area contributed by atoms with Crippen molar-refractivity contribution in [3.05, 3.63) is 0 Å². The molecular weight excluding hydrogens is 468 g/mol. The first kappa shape index (κ1) is 31.2. The summed E-state index contributed by atoms with van der Waals surface area (Å²) in [4.78, 5) is 0. The zero-order valence-electron chi connectivity index (χ0n) is 22.8. The van der Waals surface area contributed by atoms with Gasteiger partial charge in [-0.1, -0.05) is 39.0 Å². The van der Waals surface area contributed by atoms with Gasteiger partial charge in [-0.3, -0.25) is 0 Å². The third kappa shape index (κ3) is 14.1. The Balaban J connectivity index is 1.82.